The molecule has 94 valence electrons. The zero-order chi connectivity index (χ0) is 13.0. The van der Waals surface area contributed by atoms with Gasteiger partial charge in [0.05, 0.1) is 19.3 Å². The van der Waals surface area contributed by atoms with Crippen molar-refractivity contribution in [2.45, 2.75) is 13.5 Å². The molecule has 2 aromatic heterocycles. The van der Waals surface area contributed by atoms with E-state index in [2.05, 4.69) is 15.3 Å². The third-order valence-electron chi connectivity index (χ3n) is 2.27. The number of pyridine rings is 1. The van der Waals surface area contributed by atoms with Crippen LogP contribution in [0.3, 0.4) is 0 Å². The summed E-state index contributed by atoms with van der Waals surface area (Å²) in [6, 6.07) is 3.54. The highest BCUT2D eigenvalue weighted by molar-refractivity contribution is 7.11. The van der Waals surface area contributed by atoms with Crippen molar-refractivity contribution in [3.8, 4) is 5.75 Å². The van der Waals surface area contributed by atoms with E-state index in [-0.39, 0.29) is 5.91 Å². The minimum Gasteiger partial charge on any atom is -0.497 e. The third-order valence-corrected chi connectivity index (χ3v) is 3.23. The van der Waals surface area contributed by atoms with Gasteiger partial charge in [-0.2, -0.15) is 0 Å². The summed E-state index contributed by atoms with van der Waals surface area (Å²) in [4.78, 5) is 20.0. The first-order chi connectivity index (χ1) is 8.69. The van der Waals surface area contributed by atoms with E-state index in [1.807, 2.05) is 12.3 Å². The maximum absolute atomic E-state index is 11.8. The molecular formula is C12H13N3O2S. The number of aryl methyl sites for hydroxylation is 1. The van der Waals surface area contributed by atoms with Gasteiger partial charge in [-0.1, -0.05) is 0 Å². The van der Waals surface area contributed by atoms with Crippen molar-refractivity contribution in [2.75, 3.05) is 7.11 Å². The average molecular weight is 263 g/mol. The van der Waals surface area contributed by atoms with Gasteiger partial charge in [0.1, 0.15) is 5.75 Å². The number of rotatable bonds is 4. The first kappa shape index (κ1) is 12.5. The van der Waals surface area contributed by atoms with Crippen molar-refractivity contribution in [3.63, 3.8) is 0 Å². The van der Waals surface area contributed by atoms with Crippen LogP contribution in [0.4, 0.5) is 0 Å². The molecule has 1 amide bonds. The van der Waals surface area contributed by atoms with Crippen LogP contribution in [0.2, 0.25) is 0 Å². The molecule has 0 bridgehead atoms. The van der Waals surface area contributed by atoms with Crippen LogP contribution in [0.1, 0.15) is 21.2 Å². The van der Waals surface area contributed by atoms with E-state index in [4.69, 9.17) is 4.74 Å². The molecule has 0 spiro atoms. The molecule has 0 saturated carbocycles. The minimum atomic E-state index is -0.183. The third kappa shape index (κ3) is 3.04. The number of hydrogen-bond acceptors (Lipinski definition) is 5. The molecule has 2 heterocycles. The van der Waals surface area contributed by atoms with Gasteiger partial charge < -0.3 is 10.1 Å². The molecule has 18 heavy (non-hydrogen) atoms. The van der Waals surface area contributed by atoms with Gasteiger partial charge in [0.15, 0.2) is 5.01 Å². The molecule has 0 aliphatic carbocycles. The fourth-order valence-corrected chi connectivity index (χ4v) is 2.10. The smallest absolute Gasteiger partial charge is 0.280 e. The molecule has 2 aromatic rings. The van der Waals surface area contributed by atoms with Gasteiger partial charge in [-0.25, -0.2) is 4.98 Å². The maximum Gasteiger partial charge on any atom is 0.280 e. The number of methoxy groups -OCH3 is 1. The second kappa shape index (κ2) is 5.59. The van der Waals surface area contributed by atoms with Gasteiger partial charge >= 0.3 is 0 Å². The van der Waals surface area contributed by atoms with Gasteiger partial charge in [0, 0.05) is 23.3 Å². The normalized spacial score (nSPS) is 10.1. The largest absolute Gasteiger partial charge is 0.497 e. The molecule has 0 aromatic carbocycles. The quantitative estimate of drug-likeness (QED) is 0.913. The van der Waals surface area contributed by atoms with Crippen LogP contribution in [-0.2, 0) is 6.54 Å². The predicted octanol–water partition coefficient (Wildman–Crippen LogP) is 1.79. The SMILES string of the molecule is COc1ccnc(CNC(=O)c2nc(C)cs2)c1. The summed E-state index contributed by atoms with van der Waals surface area (Å²) in [5.74, 6) is 0.539. The first-order valence-corrected chi connectivity index (χ1v) is 6.26. The molecule has 6 heteroatoms. The minimum absolute atomic E-state index is 0.183. The lowest BCUT2D eigenvalue weighted by molar-refractivity contribution is 0.0950. The van der Waals surface area contributed by atoms with E-state index in [0.29, 0.717) is 11.6 Å². The number of thiazole rings is 1. The molecule has 5 nitrogen and oxygen atoms in total. The highest BCUT2D eigenvalue weighted by Gasteiger charge is 2.09. The number of aromatic nitrogens is 2. The van der Waals surface area contributed by atoms with Crippen molar-refractivity contribution in [3.05, 3.63) is 40.1 Å². The molecule has 0 atom stereocenters. The second-order valence-corrected chi connectivity index (χ2v) is 4.52. The van der Waals surface area contributed by atoms with Crippen LogP contribution in [0.25, 0.3) is 0 Å². The summed E-state index contributed by atoms with van der Waals surface area (Å²) in [5, 5.41) is 5.08. The van der Waals surface area contributed by atoms with E-state index in [0.717, 1.165) is 17.1 Å². The number of ether oxygens (including phenoxy) is 1. The van der Waals surface area contributed by atoms with E-state index >= 15 is 0 Å². The highest BCUT2D eigenvalue weighted by atomic mass is 32.1. The Bertz CT molecular complexity index is 554. The van der Waals surface area contributed by atoms with E-state index in [9.17, 15) is 4.79 Å². The Morgan fingerprint density at radius 3 is 3.06 bits per heavy atom. The van der Waals surface area contributed by atoms with Crippen molar-refractivity contribution < 1.29 is 9.53 Å². The standard InChI is InChI=1S/C12H13N3O2S/c1-8-7-18-12(15-8)11(16)14-6-9-5-10(17-2)3-4-13-9/h3-5,7H,6H2,1-2H3,(H,14,16). The van der Waals surface area contributed by atoms with Crippen molar-refractivity contribution in [1.29, 1.82) is 0 Å². The zero-order valence-electron chi connectivity index (χ0n) is 10.1. The van der Waals surface area contributed by atoms with Crippen LogP contribution in [-0.4, -0.2) is 23.0 Å². The molecular weight excluding hydrogens is 250 g/mol. The molecule has 0 aliphatic rings. The fourth-order valence-electron chi connectivity index (χ4n) is 1.38. The van der Waals surface area contributed by atoms with E-state index in [1.165, 1.54) is 11.3 Å². The van der Waals surface area contributed by atoms with Crippen LogP contribution in [0.5, 0.6) is 5.75 Å². The van der Waals surface area contributed by atoms with Crippen LogP contribution in [0.15, 0.2) is 23.7 Å². The average Bonchev–Trinajstić information content (AvgIpc) is 2.83. The number of carbonyl (C=O) groups is 1. The van der Waals surface area contributed by atoms with Crippen LogP contribution < -0.4 is 10.1 Å². The highest BCUT2D eigenvalue weighted by Crippen LogP contribution is 2.11. The van der Waals surface area contributed by atoms with Crippen LogP contribution >= 0.6 is 11.3 Å². The monoisotopic (exact) mass is 263 g/mol. The molecule has 0 aliphatic heterocycles. The topological polar surface area (TPSA) is 64.1 Å². The molecule has 0 fully saturated rings. The maximum atomic E-state index is 11.8. The molecule has 0 radical (unpaired) electrons. The number of amides is 1. The number of hydrogen-bond donors (Lipinski definition) is 1. The summed E-state index contributed by atoms with van der Waals surface area (Å²) in [7, 11) is 1.59. The Labute approximate surface area is 109 Å². The van der Waals surface area contributed by atoms with Crippen molar-refractivity contribution >= 4 is 17.2 Å². The molecule has 2 rings (SSSR count). The summed E-state index contributed by atoms with van der Waals surface area (Å²) in [5.41, 5.74) is 1.60. The molecule has 0 unspecified atom stereocenters. The Morgan fingerprint density at radius 2 is 2.39 bits per heavy atom. The molecule has 1 N–H and O–H groups in total. The van der Waals surface area contributed by atoms with E-state index in [1.54, 1.807) is 25.4 Å². The number of carbonyl (C=O) groups excluding carboxylic acids is 1. The summed E-state index contributed by atoms with van der Waals surface area (Å²) >= 11 is 1.33. The number of nitrogens with zero attached hydrogens (tertiary/aromatic N) is 2. The molecule has 0 saturated heterocycles. The van der Waals surface area contributed by atoms with Crippen molar-refractivity contribution in [2.24, 2.45) is 0 Å². The Kier molecular flexibility index (Phi) is 3.88. The van der Waals surface area contributed by atoms with Gasteiger partial charge in [0.2, 0.25) is 0 Å². The second-order valence-electron chi connectivity index (χ2n) is 3.66. The lowest BCUT2D eigenvalue weighted by Crippen LogP contribution is -2.23. The summed E-state index contributed by atoms with van der Waals surface area (Å²) in [6.07, 6.45) is 1.65. The van der Waals surface area contributed by atoms with Crippen LogP contribution in [0, 0.1) is 6.92 Å². The zero-order valence-corrected chi connectivity index (χ0v) is 11.0. The first-order valence-electron chi connectivity index (χ1n) is 5.38. The predicted molar refractivity (Wildman–Crippen MR) is 68.8 cm³/mol. The lowest BCUT2D eigenvalue weighted by Gasteiger charge is -2.04. The van der Waals surface area contributed by atoms with Gasteiger partial charge in [-0.15, -0.1) is 11.3 Å². The van der Waals surface area contributed by atoms with Gasteiger partial charge in [0.25, 0.3) is 5.91 Å². The Morgan fingerprint density at radius 1 is 1.56 bits per heavy atom. The fraction of sp³-hybridized carbons (Fsp3) is 0.250. The summed E-state index contributed by atoms with van der Waals surface area (Å²) in [6.45, 7) is 2.21. The summed E-state index contributed by atoms with van der Waals surface area (Å²) < 4.78 is 5.09. The van der Waals surface area contributed by atoms with Crippen molar-refractivity contribution in [1.82, 2.24) is 15.3 Å². The van der Waals surface area contributed by atoms with Gasteiger partial charge in [-0.3, -0.25) is 9.78 Å². The van der Waals surface area contributed by atoms with E-state index < -0.39 is 0 Å². The lowest BCUT2D eigenvalue weighted by atomic mass is 10.3. The Balaban J connectivity index is 1.97. The Hall–Kier alpha value is -1.95. The number of nitrogens with one attached hydrogen (secondary N) is 1. The van der Waals surface area contributed by atoms with Gasteiger partial charge in [-0.05, 0) is 13.0 Å².